The van der Waals surface area contributed by atoms with Gasteiger partial charge in [0.25, 0.3) is 0 Å². The van der Waals surface area contributed by atoms with E-state index >= 15 is 0 Å². The maximum atomic E-state index is 12.6. The summed E-state index contributed by atoms with van der Waals surface area (Å²) in [5.74, 6) is -1.32. The SMILES string of the molecule is CC(C)C[C@H](N)C(=O)N1CC(C(=O)O)Cc2ccccc21. The molecule has 2 atom stereocenters. The highest BCUT2D eigenvalue weighted by Gasteiger charge is 2.34. The minimum absolute atomic E-state index is 0.191. The van der Waals surface area contributed by atoms with Gasteiger partial charge >= 0.3 is 5.97 Å². The minimum atomic E-state index is -0.875. The maximum Gasteiger partial charge on any atom is 0.308 e. The molecule has 1 aromatic carbocycles. The van der Waals surface area contributed by atoms with Crippen LogP contribution in [0.15, 0.2) is 24.3 Å². The molecular formula is C16H22N2O3. The van der Waals surface area contributed by atoms with Crippen molar-refractivity contribution in [2.24, 2.45) is 17.6 Å². The number of aliphatic carboxylic acids is 1. The van der Waals surface area contributed by atoms with E-state index in [1.54, 1.807) is 4.90 Å². The van der Waals surface area contributed by atoms with E-state index in [-0.39, 0.29) is 12.5 Å². The molecule has 3 N–H and O–H groups in total. The zero-order valence-corrected chi connectivity index (χ0v) is 12.5. The Balaban J connectivity index is 2.28. The van der Waals surface area contributed by atoms with Gasteiger partial charge in [0.2, 0.25) is 5.91 Å². The van der Waals surface area contributed by atoms with Gasteiger partial charge in [0.1, 0.15) is 0 Å². The van der Waals surface area contributed by atoms with E-state index in [0.29, 0.717) is 18.8 Å². The third-order valence-corrected chi connectivity index (χ3v) is 3.81. The lowest BCUT2D eigenvalue weighted by atomic mass is 9.91. The lowest BCUT2D eigenvalue weighted by Gasteiger charge is -2.34. The molecule has 1 unspecified atom stereocenters. The fourth-order valence-electron chi connectivity index (χ4n) is 2.78. The first-order chi connectivity index (χ1) is 9.90. The van der Waals surface area contributed by atoms with Gasteiger partial charge in [-0.25, -0.2) is 0 Å². The monoisotopic (exact) mass is 290 g/mol. The summed E-state index contributed by atoms with van der Waals surface area (Å²) >= 11 is 0. The van der Waals surface area contributed by atoms with Gasteiger partial charge in [0.05, 0.1) is 12.0 Å². The molecule has 0 saturated carbocycles. The van der Waals surface area contributed by atoms with Crippen molar-refractivity contribution in [1.82, 2.24) is 0 Å². The molecule has 1 aliphatic rings. The Morgan fingerprint density at radius 2 is 2.05 bits per heavy atom. The summed E-state index contributed by atoms with van der Waals surface area (Å²) in [6, 6.07) is 6.85. The van der Waals surface area contributed by atoms with Crippen molar-refractivity contribution < 1.29 is 14.7 Å². The molecule has 0 radical (unpaired) electrons. The van der Waals surface area contributed by atoms with Gasteiger partial charge in [0, 0.05) is 12.2 Å². The number of hydrogen-bond donors (Lipinski definition) is 2. The fourth-order valence-corrected chi connectivity index (χ4v) is 2.78. The highest BCUT2D eigenvalue weighted by Crippen LogP contribution is 2.30. The molecule has 0 fully saturated rings. The van der Waals surface area contributed by atoms with E-state index in [9.17, 15) is 14.7 Å². The van der Waals surface area contributed by atoms with Crippen LogP contribution in [0.3, 0.4) is 0 Å². The van der Waals surface area contributed by atoms with Crippen LogP contribution >= 0.6 is 0 Å². The minimum Gasteiger partial charge on any atom is -0.481 e. The first-order valence-electron chi connectivity index (χ1n) is 7.27. The van der Waals surface area contributed by atoms with Gasteiger partial charge < -0.3 is 15.7 Å². The summed E-state index contributed by atoms with van der Waals surface area (Å²) in [4.78, 5) is 25.4. The summed E-state index contributed by atoms with van der Waals surface area (Å²) in [5, 5.41) is 9.28. The van der Waals surface area contributed by atoms with Gasteiger partial charge in [-0.3, -0.25) is 9.59 Å². The number of carboxylic acid groups (broad SMARTS) is 1. The molecule has 0 aliphatic carbocycles. The van der Waals surface area contributed by atoms with Crippen LogP contribution in [-0.4, -0.2) is 29.6 Å². The van der Waals surface area contributed by atoms with Crippen molar-refractivity contribution in [3.8, 4) is 0 Å². The Hall–Kier alpha value is -1.88. The molecule has 0 bridgehead atoms. The Labute approximate surface area is 124 Å². The van der Waals surface area contributed by atoms with E-state index in [1.165, 1.54) is 0 Å². The number of carbonyl (C=O) groups excluding carboxylic acids is 1. The predicted molar refractivity (Wildman–Crippen MR) is 81.1 cm³/mol. The first-order valence-corrected chi connectivity index (χ1v) is 7.27. The smallest absolute Gasteiger partial charge is 0.308 e. The number of carboxylic acids is 1. The van der Waals surface area contributed by atoms with Gasteiger partial charge in [-0.05, 0) is 30.4 Å². The Bertz CT molecular complexity index is 542. The third kappa shape index (κ3) is 3.42. The maximum absolute atomic E-state index is 12.6. The average Bonchev–Trinajstić information content (AvgIpc) is 2.44. The Morgan fingerprint density at radius 3 is 2.67 bits per heavy atom. The van der Waals surface area contributed by atoms with Crippen molar-refractivity contribution >= 4 is 17.6 Å². The van der Waals surface area contributed by atoms with Gasteiger partial charge in [-0.15, -0.1) is 0 Å². The molecule has 1 heterocycles. The zero-order chi connectivity index (χ0) is 15.6. The molecule has 1 amide bonds. The zero-order valence-electron chi connectivity index (χ0n) is 12.5. The fraction of sp³-hybridized carbons (Fsp3) is 0.500. The largest absolute Gasteiger partial charge is 0.481 e. The van der Waals surface area contributed by atoms with E-state index in [2.05, 4.69) is 0 Å². The lowest BCUT2D eigenvalue weighted by Crippen LogP contribution is -2.49. The predicted octanol–water partition coefficient (Wildman–Crippen LogP) is 1.65. The molecular weight excluding hydrogens is 268 g/mol. The van der Waals surface area contributed by atoms with Crippen LogP contribution in [0.4, 0.5) is 5.69 Å². The first kappa shape index (κ1) is 15.5. The van der Waals surface area contributed by atoms with Crippen LogP contribution < -0.4 is 10.6 Å². The Kier molecular flexibility index (Phi) is 4.63. The number of nitrogens with zero attached hydrogens (tertiary/aromatic N) is 1. The third-order valence-electron chi connectivity index (χ3n) is 3.81. The number of rotatable bonds is 4. The van der Waals surface area contributed by atoms with Crippen LogP contribution in [0.1, 0.15) is 25.8 Å². The van der Waals surface area contributed by atoms with E-state index in [4.69, 9.17) is 5.73 Å². The molecule has 0 aromatic heterocycles. The van der Waals surface area contributed by atoms with Crippen molar-refractivity contribution in [3.63, 3.8) is 0 Å². The second-order valence-corrected chi connectivity index (χ2v) is 6.05. The summed E-state index contributed by atoms with van der Waals surface area (Å²) < 4.78 is 0. The number of amides is 1. The lowest BCUT2D eigenvalue weighted by molar-refractivity contribution is -0.141. The number of carbonyl (C=O) groups is 2. The van der Waals surface area contributed by atoms with E-state index < -0.39 is 17.9 Å². The molecule has 114 valence electrons. The molecule has 1 aromatic rings. The van der Waals surface area contributed by atoms with Crippen molar-refractivity contribution in [3.05, 3.63) is 29.8 Å². The van der Waals surface area contributed by atoms with Crippen LogP contribution in [0, 0.1) is 11.8 Å². The van der Waals surface area contributed by atoms with Crippen molar-refractivity contribution in [2.45, 2.75) is 32.7 Å². The van der Waals surface area contributed by atoms with Crippen molar-refractivity contribution in [2.75, 3.05) is 11.4 Å². The number of benzene rings is 1. The summed E-state index contributed by atoms with van der Waals surface area (Å²) in [5.41, 5.74) is 7.67. The van der Waals surface area contributed by atoms with Crippen LogP contribution in [0.25, 0.3) is 0 Å². The second-order valence-electron chi connectivity index (χ2n) is 6.05. The number of hydrogen-bond acceptors (Lipinski definition) is 3. The summed E-state index contributed by atoms with van der Waals surface area (Å²) in [7, 11) is 0. The normalized spacial score (nSPS) is 19.2. The van der Waals surface area contributed by atoms with Crippen molar-refractivity contribution in [1.29, 1.82) is 0 Å². The highest BCUT2D eigenvalue weighted by atomic mass is 16.4. The highest BCUT2D eigenvalue weighted by molar-refractivity contribution is 5.99. The summed E-state index contributed by atoms with van der Waals surface area (Å²) in [6.45, 7) is 4.21. The number of nitrogens with two attached hydrogens (primary N) is 1. The molecule has 5 heteroatoms. The van der Waals surface area contributed by atoms with Crippen LogP contribution in [0.5, 0.6) is 0 Å². The number of anilines is 1. The molecule has 1 aliphatic heterocycles. The van der Waals surface area contributed by atoms with E-state index in [1.807, 2.05) is 38.1 Å². The molecule has 5 nitrogen and oxygen atoms in total. The molecule has 0 saturated heterocycles. The second kappa shape index (κ2) is 6.26. The van der Waals surface area contributed by atoms with Gasteiger partial charge in [-0.2, -0.15) is 0 Å². The number of fused-ring (bicyclic) bond motifs is 1. The topological polar surface area (TPSA) is 83.6 Å². The average molecular weight is 290 g/mol. The van der Waals surface area contributed by atoms with Crippen LogP contribution in [0.2, 0.25) is 0 Å². The molecule has 0 spiro atoms. The quantitative estimate of drug-likeness (QED) is 0.883. The Morgan fingerprint density at radius 1 is 1.38 bits per heavy atom. The molecule has 21 heavy (non-hydrogen) atoms. The molecule has 2 rings (SSSR count). The number of para-hydroxylation sites is 1. The van der Waals surface area contributed by atoms with Crippen LogP contribution in [-0.2, 0) is 16.0 Å². The van der Waals surface area contributed by atoms with E-state index in [0.717, 1.165) is 11.3 Å². The standard InChI is InChI=1S/C16H22N2O3/c1-10(2)7-13(17)15(19)18-9-12(16(20)21)8-11-5-3-4-6-14(11)18/h3-6,10,12-13H,7-9,17H2,1-2H3,(H,20,21)/t12?,13-/m0/s1. The van der Waals surface area contributed by atoms with Gasteiger partial charge in [-0.1, -0.05) is 32.0 Å². The summed E-state index contributed by atoms with van der Waals surface area (Å²) in [6.07, 6.45) is 1.05. The van der Waals surface area contributed by atoms with Gasteiger partial charge in [0.15, 0.2) is 0 Å².